The number of hydrogen-bond acceptors (Lipinski definition) is 2. The van der Waals surface area contributed by atoms with Gasteiger partial charge in [0.1, 0.15) is 5.75 Å². The highest BCUT2D eigenvalue weighted by Crippen LogP contribution is 2.40. The summed E-state index contributed by atoms with van der Waals surface area (Å²) in [6.45, 7) is 7.61. The molecular formula is C17H27NO. The maximum absolute atomic E-state index is 5.68. The van der Waals surface area contributed by atoms with Gasteiger partial charge in [0, 0.05) is 11.6 Å². The molecule has 0 bridgehead atoms. The van der Waals surface area contributed by atoms with Crippen LogP contribution >= 0.6 is 0 Å². The summed E-state index contributed by atoms with van der Waals surface area (Å²) in [6, 6.07) is 4.92. The monoisotopic (exact) mass is 261 g/mol. The molecule has 0 heterocycles. The summed E-state index contributed by atoms with van der Waals surface area (Å²) in [7, 11) is 1.79. The van der Waals surface area contributed by atoms with E-state index in [-0.39, 0.29) is 0 Å². The Morgan fingerprint density at radius 1 is 1.32 bits per heavy atom. The topological polar surface area (TPSA) is 21.3 Å². The predicted octanol–water partition coefficient (Wildman–Crippen LogP) is 4.15. The number of benzene rings is 1. The van der Waals surface area contributed by atoms with Crippen LogP contribution < -0.4 is 10.1 Å². The van der Waals surface area contributed by atoms with E-state index in [4.69, 9.17) is 4.74 Å². The molecule has 0 spiro atoms. The number of ether oxygens (including phenoxy) is 1. The average Bonchev–Trinajstić information content (AvgIpc) is 3.21. The molecule has 1 N–H and O–H groups in total. The predicted molar refractivity (Wildman–Crippen MR) is 80.8 cm³/mol. The van der Waals surface area contributed by atoms with E-state index in [1.54, 1.807) is 7.11 Å². The van der Waals surface area contributed by atoms with Crippen LogP contribution in [0, 0.1) is 19.8 Å². The smallest absolute Gasteiger partial charge is 0.126 e. The van der Waals surface area contributed by atoms with Crippen LogP contribution in [0.5, 0.6) is 5.75 Å². The molecule has 0 amide bonds. The van der Waals surface area contributed by atoms with E-state index in [2.05, 4.69) is 38.2 Å². The SMILES string of the molecule is CCCNC(CC1CC1)c1ccc(C)c(C)c1OC. The first-order valence-corrected chi connectivity index (χ1v) is 7.54. The molecule has 19 heavy (non-hydrogen) atoms. The summed E-state index contributed by atoms with van der Waals surface area (Å²) in [4.78, 5) is 0. The lowest BCUT2D eigenvalue weighted by molar-refractivity contribution is 0.388. The van der Waals surface area contributed by atoms with Gasteiger partial charge in [-0.15, -0.1) is 0 Å². The minimum Gasteiger partial charge on any atom is -0.496 e. The zero-order valence-electron chi connectivity index (χ0n) is 12.8. The van der Waals surface area contributed by atoms with Crippen molar-refractivity contribution in [3.63, 3.8) is 0 Å². The summed E-state index contributed by atoms with van der Waals surface area (Å²) in [5.74, 6) is 2.00. The molecule has 1 aliphatic rings. The van der Waals surface area contributed by atoms with Gasteiger partial charge in [-0.2, -0.15) is 0 Å². The van der Waals surface area contributed by atoms with Gasteiger partial charge < -0.3 is 10.1 Å². The second kappa shape index (κ2) is 6.42. The van der Waals surface area contributed by atoms with Gasteiger partial charge >= 0.3 is 0 Å². The Hall–Kier alpha value is -1.02. The molecule has 1 aromatic carbocycles. The lowest BCUT2D eigenvalue weighted by atomic mass is 9.95. The standard InChI is InChI=1S/C17H27NO/c1-5-10-18-16(11-14-7-8-14)15-9-6-12(2)13(3)17(15)19-4/h6,9,14,16,18H,5,7-8,10-11H2,1-4H3. The van der Waals surface area contributed by atoms with Crippen molar-refractivity contribution in [3.8, 4) is 5.75 Å². The number of hydrogen-bond donors (Lipinski definition) is 1. The van der Waals surface area contributed by atoms with Gasteiger partial charge in [-0.05, 0) is 50.3 Å². The molecule has 106 valence electrons. The summed E-state index contributed by atoms with van der Waals surface area (Å²) >= 11 is 0. The highest BCUT2D eigenvalue weighted by Gasteiger charge is 2.27. The largest absolute Gasteiger partial charge is 0.496 e. The maximum Gasteiger partial charge on any atom is 0.126 e. The first-order valence-electron chi connectivity index (χ1n) is 7.54. The second-order valence-corrected chi connectivity index (χ2v) is 5.82. The molecule has 0 aromatic heterocycles. The van der Waals surface area contributed by atoms with Crippen LogP contribution in [0.15, 0.2) is 12.1 Å². The minimum atomic E-state index is 0.446. The Balaban J connectivity index is 2.25. The molecule has 2 heteroatoms. The fourth-order valence-corrected chi connectivity index (χ4v) is 2.68. The van der Waals surface area contributed by atoms with Gasteiger partial charge in [0.25, 0.3) is 0 Å². The Bertz CT molecular complexity index is 424. The second-order valence-electron chi connectivity index (χ2n) is 5.82. The molecular weight excluding hydrogens is 234 g/mol. The Labute approximate surface area is 117 Å². The van der Waals surface area contributed by atoms with Crippen molar-refractivity contribution in [2.45, 2.75) is 52.5 Å². The first kappa shape index (κ1) is 14.4. The summed E-state index contributed by atoms with van der Waals surface area (Å²) in [5, 5.41) is 3.70. The number of nitrogens with one attached hydrogen (secondary N) is 1. The summed E-state index contributed by atoms with van der Waals surface area (Å²) in [6.07, 6.45) is 5.22. The van der Waals surface area contributed by atoms with Gasteiger partial charge in [-0.1, -0.05) is 31.9 Å². The molecule has 1 fully saturated rings. The normalized spacial score (nSPS) is 16.4. The van der Waals surface area contributed by atoms with Gasteiger partial charge in [-0.3, -0.25) is 0 Å². The molecule has 0 saturated heterocycles. The van der Waals surface area contributed by atoms with E-state index in [1.165, 1.54) is 42.4 Å². The van der Waals surface area contributed by atoms with E-state index >= 15 is 0 Å². The molecule has 1 unspecified atom stereocenters. The fraction of sp³-hybridized carbons (Fsp3) is 0.647. The third-order valence-corrected chi connectivity index (χ3v) is 4.19. The lowest BCUT2D eigenvalue weighted by Gasteiger charge is -2.23. The van der Waals surface area contributed by atoms with Gasteiger partial charge in [0.05, 0.1) is 7.11 Å². The Morgan fingerprint density at radius 2 is 2.05 bits per heavy atom. The number of aryl methyl sites for hydroxylation is 1. The van der Waals surface area contributed by atoms with Crippen LogP contribution in [-0.2, 0) is 0 Å². The average molecular weight is 261 g/mol. The Kier molecular flexibility index (Phi) is 4.87. The van der Waals surface area contributed by atoms with Gasteiger partial charge in [0.2, 0.25) is 0 Å². The molecule has 0 aliphatic heterocycles. The minimum absolute atomic E-state index is 0.446. The third-order valence-electron chi connectivity index (χ3n) is 4.19. The van der Waals surface area contributed by atoms with Crippen molar-refractivity contribution in [2.24, 2.45) is 5.92 Å². The molecule has 2 rings (SSSR count). The lowest BCUT2D eigenvalue weighted by Crippen LogP contribution is -2.23. The van der Waals surface area contributed by atoms with E-state index in [0.717, 1.165) is 18.2 Å². The fourth-order valence-electron chi connectivity index (χ4n) is 2.68. The number of methoxy groups -OCH3 is 1. The molecule has 1 aliphatic carbocycles. The summed E-state index contributed by atoms with van der Waals surface area (Å²) in [5.41, 5.74) is 3.92. The van der Waals surface area contributed by atoms with Crippen molar-refractivity contribution in [3.05, 3.63) is 28.8 Å². The van der Waals surface area contributed by atoms with Gasteiger partial charge in [-0.25, -0.2) is 0 Å². The van der Waals surface area contributed by atoms with Crippen LogP contribution in [0.4, 0.5) is 0 Å². The quantitative estimate of drug-likeness (QED) is 0.796. The van der Waals surface area contributed by atoms with Crippen LogP contribution in [0.1, 0.15) is 55.3 Å². The van der Waals surface area contributed by atoms with Crippen molar-refractivity contribution in [1.29, 1.82) is 0 Å². The highest BCUT2D eigenvalue weighted by atomic mass is 16.5. The highest BCUT2D eigenvalue weighted by molar-refractivity contribution is 5.46. The van der Waals surface area contributed by atoms with E-state index < -0.39 is 0 Å². The Morgan fingerprint density at radius 3 is 2.63 bits per heavy atom. The van der Waals surface area contributed by atoms with Crippen molar-refractivity contribution in [1.82, 2.24) is 5.32 Å². The van der Waals surface area contributed by atoms with Crippen LogP contribution in [-0.4, -0.2) is 13.7 Å². The molecule has 2 nitrogen and oxygen atoms in total. The van der Waals surface area contributed by atoms with Crippen molar-refractivity contribution in [2.75, 3.05) is 13.7 Å². The zero-order valence-corrected chi connectivity index (χ0v) is 12.8. The molecule has 1 atom stereocenters. The van der Waals surface area contributed by atoms with Crippen LogP contribution in [0.25, 0.3) is 0 Å². The molecule has 0 radical (unpaired) electrons. The van der Waals surface area contributed by atoms with Crippen LogP contribution in [0.3, 0.4) is 0 Å². The first-order chi connectivity index (χ1) is 9.17. The molecule has 1 aromatic rings. The van der Waals surface area contributed by atoms with Gasteiger partial charge in [0.15, 0.2) is 0 Å². The van der Waals surface area contributed by atoms with E-state index in [9.17, 15) is 0 Å². The van der Waals surface area contributed by atoms with Crippen LogP contribution in [0.2, 0.25) is 0 Å². The molecule has 1 saturated carbocycles. The third kappa shape index (κ3) is 3.50. The maximum atomic E-state index is 5.68. The van der Waals surface area contributed by atoms with E-state index in [0.29, 0.717) is 6.04 Å². The van der Waals surface area contributed by atoms with Crippen molar-refractivity contribution < 1.29 is 4.74 Å². The summed E-state index contributed by atoms with van der Waals surface area (Å²) < 4.78 is 5.68. The van der Waals surface area contributed by atoms with Crippen molar-refractivity contribution >= 4 is 0 Å². The number of rotatable bonds is 7. The zero-order chi connectivity index (χ0) is 13.8. The van der Waals surface area contributed by atoms with E-state index in [1.807, 2.05) is 0 Å².